The molecule has 0 spiro atoms. The highest BCUT2D eigenvalue weighted by Crippen LogP contribution is 2.28. The second kappa shape index (κ2) is 9.30. The van der Waals surface area contributed by atoms with Crippen molar-refractivity contribution < 1.29 is 17.9 Å². The molecule has 2 aliphatic rings. The lowest BCUT2D eigenvalue weighted by Gasteiger charge is -2.32. The van der Waals surface area contributed by atoms with Crippen molar-refractivity contribution in [3.8, 4) is 5.75 Å². The lowest BCUT2D eigenvalue weighted by atomic mass is 10.1. The molecule has 0 N–H and O–H groups in total. The van der Waals surface area contributed by atoms with Crippen LogP contribution in [0.25, 0.3) is 0 Å². The smallest absolute Gasteiger partial charge is 0.252 e. The fourth-order valence-electron chi connectivity index (χ4n) is 4.11. The van der Waals surface area contributed by atoms with E-state index < -0.39 is 10.0 Å². The summed E-state index contributed by atoms with van der Waals surface area (Å²) >= 11 is 1.22. The zero-order valence-corrected chi connectivity index (χ0v) is 19.8. The molecule has 6 nitrogen and oxygen atoms in total. The standard InChI is InChI=1S/C23H30N2O4S2/c1-17-5-6-20(15-18(17)2)29-19-9-13-24(14-10-19)22(26)16-21-7-8-23(30-21)31(27,28)25-11-3-4-12-25/h5-8,15,19H,3-4,9-14,16H2,1-2H3. The molecule has 2 aromatic rings. The highest BCUT2D eigenvalue weighted by molar-refractivity contribution is 7.91. The molecule has 4 rings (SSSR count). The van der Waals surface area contributed by atoms with Crippen LogP contribution in [0.3, 0.4) is 0 Å². The number of carbonyl (C=O) groups excluding carboxylic acids is 1. The van der Waals surface area contributed by atoms with Gasteiger partial charge in [0, 0.05) is 43.9 Å². The molecule has 0 unspecified atom stereocenters. The predicted octanol–water partition coefficient (Wildman–Crippen LogP) is 3.76. The van der Waals surface area contributed by atoms with E-state index >= 15 is 0 Å². The van der Waals surface area contributed by atoms with E-state index in [0.717, 1.165) is 36.3 Å². The van der Waals surface area contributed by atoms with Crippen molar-refractivity contribution in [1.29, 1.82) is 0 Å². The summed E-state index contributed by atoms with van der Waals surface area (Å²) in [6, 6.07) is 9.57. The van der Waals surface area contributed by atoms with E-state index in [2.05, 4.69) is 26.0 Å². The van der Waals surface area contributed by atoms with Crippen LogP contribution in [0.15, 0.2) is 34.5 Å². The topological polar surface area (TPSA) is 66.9 Å². The minimum absolute atomic E-state index is 0.0524. The number of hydrogen-bond acceptors (Lipinski definition) is 5. The molecule has 0 radical (unpaired) electrons. The number of benzene rings is 1. The Morgan fingerprint density at radius 1 is 1.03 bits per heavy atom. The van der Waals surface area contributed by atoms with Crippen molar-refractivity contribution in [2.24, 2.45) is 0 Å². The van der Waals surface area contributed by atoms with Crippen molar-refractivity contribution >= 4 is 27.3 Å². The first-order chi connectivity index (χ1) is 14.8. The second-order valence-electron chi connectivity index (χ2n) is 8.45. The Bertz CT molecular complexity index is 1030. The van der Waals surface area contributed by atoms with Crippen molar-refractivity contribution in [2.75, 3.05) is 26.2 Å². The summed E-state index contributed by atoms with van der Waals surface area (Å²) in [7, 11) is -3.41. The number of carbonyl (C=O) groups is 1. The predicted molar refractivity (Wildman–Crippen MR) is 122 cm³/mol. The van der Waals surface area contributed by atoms with Gasteiger partial charge in [0.2, 0.25) is 5.91 Å². The molecule has 2 saturated heterocycles. The Labute approximate surface area is 188 Å². The van der Waals surface area contributed by atoms with E-state index in [1.54, 1.807) is 16.4 Å². The molecule has 1 amide bonds. The molecular weight excluding hydrogens is 432 g/mol. The average molecular weight is 463 g/mol. The number of sulfonamides is 1. The van der Waals surface area contributed by atoms with Crippen molar-refractivity contribution in [3.63, 3.8) is 0 Å². The van der Waals surface area contributed by atoms with E-state index in [-0.39, 0.29) is 18.4 Å². The molecule has 0 aliphatic carbocycles. The molecule has 168 valence electrons. The molecule has 0 atom stereocenters. The molecule has 1 aromatic heterocycles. The van der Waals surface area contributed by atoms with Crippen LogP contribution >= 0.6 is 11.3 Å². The van der Waals surface area contributed by atoms with Crippen LogP contribution in [-0.4, -0.2) is 55.8 Å². The van der Waals surface area contributed by atoms with Gasteiger partial charge in [0.05, 0.1) is 6.42 Å². The summed E-state index contributed by atoms with van der Waals surface area (Å²) in [6.07, 6.45) is 3.81. The van der Waals surface area contributed by atoms with Gasteiger partial charge < -0.3 is 9.64 Å². The summed E-state index contributed by atoms with van der Waals surface area (Å²) in [5.41, 5.74) is 2.46. The Balaban J connectivity index is 1.29. The van der Waals surface area contributed by atoms with Crippen LogP contribution in [0.1, 0.15) is 41.7 Å². The second-order valence-corrected chi connectivity index (χ2v) is 11.8. The number of ether oxygens (including phenoxy) is 1. The van der Waals surface area contributed by atoms with E-state index in [1.807, 2.05) is 11.0 Å². The summed E-state index contributed by atoms with van der Waals surface area (Å²) in [5, 5.41) is 0. The lowest BCUT2D eigenvalue weighted by Crippen LogP contribution is -2.42. The van der Waals surface area contributed by atoms with Crippen molar-refractivity contribution in [2.45, 2.75) is 56.3 Å². The fraction of sp³-hybridized carbons (Fsp3) is 0.522. The first kappa shape index (κ1) is 22.3. The monoisotopic (exact) mass is 462 g/mol. The van der Waals surface area contributed by atoms with Crippen molar-refractivity contribution in [3.05, 3.63) is 46.3 Å². The van der Waals surface area contributed by atoms with Gasteiger partial charge in [-0.3, -0.25) is 4.79 Å². The van der Waals surface area contributed by atoms with Gasteiger partial charge in [-0.15, -0.1) is 11.3 Å². The van der Waals surface area contributed by atoms with Gasteiger partial charge in [-0.05, 0) is 62.1 Å². The van der Waals surface area contributed by atoms with Gasteiger partial charge in [0.15, 0.2) is 0 Å². The van der Waals surface area contributed by atoms with E-state index in [4.69, 9.17) is 4.74 Å². The summed E-state index contributed by atoms with van der Waals surface area (Å²) in [5.74, 6) is 0.940. The molecule has 31 heavy (non-hydrogen) atoms. The average Bonchev–Trinajstić information content (AvgIpc) is 3.44. The number of rotatable bonds is 6. The molecule has 8 heteroatoms. The third-order valence-corrected chi connectivity index (χ3v) is 9.65. The molecular formula is C23H30N2O4S2. The SMILES string of the molecule is Cc1ccc(OC2CCN(C(=O)Cc3ccc(S(=O)(=O)N4CCCC4)s3)CC2)cc1C. The lowest BCUT2D eigenvalue weighted by molar-refractivity contribution is -0.132. The maximum atomic E-state index is 12.8. The number of likely N-dealkylation sites (tertiary alicyclic amines) is 1. The quantitative estimate of drug-likeness (QED) is 0.656. The summed E-state index contributed by atoms with van der Waals surface area (Å²) in [4.78, 5) is 15.4. The van der Waals surface area contributed by atoms with Gasteiger partial charge >= 0.3 is 0 Å². The number of thiophene rings is 1. The number of nitrogens with zero attached hydrogens (tertiary/aromatic N) is 2. The maximum absolute atomic E-state index is 12.8. The third-order valence-electron chi connectivity index (χ3n) is 6.20. The van der Waals surface area contributed by atoms with Crippen LogP contribution in [0.4, 0.5) is 0 Å². The zero-order valence-electron chi connectivity index (χ0n) is 18.2. The fourth-order valence-corrected chi connectivity index (χ4v) is 7.13. The first-order valence-electron chi connectivity index (χ1n) is 10.9. The van der Waals surface area contributed by atoms with Gasteiger partial charge in [-0.2, -0.15) is 4.31 Å². The van der Waals surface area contributed by atoms with Gasteiger partial charge in [0.1, 0.15) is 16.1 Å². The highest BCUT2D eigenvalue weighted by Gasteiger charge is 2.29. The van der Waals surface area contributed by atoms with Crippen molar-refractivity contribution in [1.82, 2.24) is 9.21 Å². The first-order valence-corrected chi connectivity index (χ1v) is 13.2. The minimum atomic E-state index is -3.41. The van der Waals surface area contributed by atoms with Gasteiger partial charge in [0.25, 0.3) is 10.0 Å². The van der Waals surface area contributed by atoms with E-state index in [9.17, 15) is 13.2 Å². The Morgan fingerprint density at radius 3 is 2.42 bits per heavy atom. The summed E-state index contributed by atoms with van der Waals surface area (Å²) in [6.45, 7) is 6.68. The molecule has 0 saturated carbocycles. The number of aryl methyl sites for hydroxylation is 2. The number of hydrogen-bond donors (Lipinski definition) is 0. The molecule has 3 heterocycles. The summed E-state index contributed by atoms with van der Waals surface area (Å²) < 4.78 is 33.4. The normalized spacial score (nSPS) is 18.5. The molecule has 0 bridgehead atoms. The van der Waals surface area contributed by atoms with E-state index in [0.29, 0.717) is 30.4 Å². The van der Waals surface area contributed by atoms with Crippen LogP contribution in [0, 0.1) is 13.8 Å². The Hall–Kier alpha value is -1.90. The van der Waals surface area contributed by atoms with E-state index in [1.165, 1.54) is 22.5 Å². The highest BCUT2D eigenvalue weighted by atomic mass is 32.2. The number of piperidine rings is 1. The molecule has 2 fully saturated rings. The van der Waals surface area contributed by atoms with Crippen LogP contribution in [0.2, 0.25) is 0 Å². The molecule has 1 aromatic carbocycles. The van der Waals surface area contributed by atoms with Crippen LogP contribution in [0.5, 0.6) is 5.75 Å². The Kier molecular flexibility index (Phi) is 6.69. The maximum Gasteiger partial charge on any atom is 0.252 e. The van der Waals surface area contributed by atoms with Gasteiger partial charge in [-0.25, -0.2) is 8.42 Å². The minimum Gasteiger partial charge on any atom is -0.490 e. The van der Waals surface area contributed by atoms with Gasteiger partial charge in [-0.1, -0.05) is 6.07 Å². The third kappa shape index (κ3) is 5.13. The Morgan fingerprint density at radius 2 is 1.74 bits per heavy atom. The van der Waals surface area contributed by atoms with Crippen LogP contribution in [-0.2, 0) is 21.2 Å². The van der Waals surface area contributed by atoms with Crippen LogP contribution < -0.4 is 4.74 Å². The molecule has 2 aliphatic heterocycles. The number of amides is 1. The zero-order chi connectivity index (χ0) is 22.0. The largest absolute Gasteiger partial charge is 0.490 e.